The number of carbonyl (C=O) groups is 2. The van der Waals surface area contributed by atoms with E-state index in [0.29, 0.717) is 10.1 Å². The van der Waals surface area contributed by atoms with Crippen LogP contribution < -0.4 is 0 Å². The summed E-state index contributed by atoms with van der Waals surface area (Å²) < 4.78 is 0. The Kier molecular flexibility index (Phi) is 3.25. The van der Waals surface area contributed by atoms with Gasteiger partial charge in [0, 0.05) is 0 Å². The monoisotopic (exact) mass is 220 g/mol. The van der Waals surface area contributed by atoms with Crippen molar-refractivity contribution in [3.8, 4) is 0 Å². The van der Waals surface area contributed by atoms with Gasteiger partial charge in [0.25, 0.3) is 5.91 Å². The van der Waals surface area contributed by atoms with Gasteiger partial charge < -0.3 is 10.2 Å². The van der Waals surface area contributed by atoms with Gasteiger partial charge in [-0.15, -0.1) is 5.06 Å². The summed E-state index contributed by atoms with van der Waals surface area (Å²) in [4.78, 5) is 32.1. The van der Waals surface area contributed by atoms with Gasteiger partial charge in [-0.05, 0) is 13.8 Å². The van der Waals surface area contributed by atoms with E-state index in [1.54, 1.807) is 0 Å². The number of urea groups is 1. The predicted molar refractivity (Wildman–Crippen MR) is 44.5 cm³/mol. The highest BCUT2D eigenvalue weighted by Crippen LogP contribution is 2.27. The number of rotatable bonds is 4. The maximum absolute atomic E-state index is 11.6. The highest BCUT2D eigenvalue weighted by molar-refractivity contribution is 6.04. The van der Waals surface area contributed by atoms with E-state index in [4.69, 9.17) is 10.2 Å². The number of amides is 3. The Labute approximate surface area is 85.5 Å². The molecule has 0 saturated carbocycles. The van der Waals surface area contributed by atoms with Crippen LogP contribution in [0.15, 0.2) is 0 Å². The fourth-order valence-electron chi connectivity index (χ4n) is 1.19. The Morgan fingerprint density at radius 1 is 1.20 bits per heavy atom. The minimum Gasteiger partial charge on any atom is -0.368 e. The zero-order valence-corrected chi connectivity index (χ0v) is 8.34. The molecule has 0 aromatic rings. The molecule has 8 heteroatoms. The summed E-state index contributed by atoms with van der Waals surface area (Å²) in [6.45, 7) is 1.29. The van der Waals surface area contributed by atoms with Crippen molar-refractivity contribution in [2.45, 2.75) is 19.4 Å². The van der Waals surface area contributed by atoms with Gasteiger partial charge in [-0.3, -0.25) is 4.79 Å². The first-order valence-corrected chi connectivity index (χ1v) is 4.13. The lowest BCUT2D eigenvalue weighted by atomic mass is 10.1. The molecule has 3 amide bonds. The summed E-state index contributed by atoms with van der Waals surface area (Å²) in [7, 11) is 0. The number of aliphatic hydroxyl groups is 2. The summed E-state index contributed by atoms with van der Waals surface area (Å²) in [6, 6.07) is -0.895. The molecule has 1 fully saturated rings. The molecule has 86 valence electrons. The van der Waals surface area contributed by atoms with Crippen molar-refractivity contribution < 1.29 is 29.5 Å². The van der Waals surface area contributed by atoms with Crippen molar-refractivity contribution in [1.29, 1.82) is 0 Å². The molecule has 0 aromatic carbocycles. The van der Waals surface area contributed by atoms with Gasteiger partial charge in [-0.1, -0.05) is 0 Å². The summed E-state index contributed by atoms with van der Waals surface area (Å²) >= 11 is 0. The third-order valence-corrected chi connectivity index (χ3v) is 1.94. The third-order valence-electron chi connectivity index (χ3n) is 1.94. The topological polar surface area (TPSA) is 99.5 Å². The molecular formula is C7H12N2O6. The molecule has 15 heavy (non-hydrogen) atoms. The second-order valence-corrected chi connectivity index (χ2v) is 3.25. The van der Waals surface area contributed by atoms with Gasteiger partial charge in [-0.2, -0.15) is 5.06 Å². The molecule has 0 atom stereocenters. The largest absolute Gasteiger partial charge is 0.376 e. The van der Waals surface area contributed by atoms with Gasteiger partial charge >= 0.3 is 6.03 Å². The van der Waals surface area contributed by atoms with Crippen molar-refractivity contribution in [1.82, 2.24) is 10.1 Å². The van der Waals surface area contributed by atoms with E-state index in [1.807, 2.05) is 0 Å². The second-order valence-electron chi connectivity index (χ2n) is 3.25. The molecule has 0 spiro atoms. The SMILES string of the molecule is CC1(C)C(=O)N(OCO)C(=O)N1OCO. The average molecular weight is 220 g/mol. The zero-order chi connectivity index (χ0) is 11.6. The molecule has 1 aliphatic rings. The van der Waals surface area contributed by atoms with Crippen LogP contribution in [0.1, 0.15) is 13.8 Å². The van der Waals surface area contributed by atoms with Gasteiger partial charge in [-0.25, -0.2) is 14.5 Å². The van der Waals surface area contributed by atoms with E-state index in [9.17, 15) is 9.59 Å². The van der Waals surface area contributed by atoms with Crippen molar-refractivity contribution in [3.05, 3.63) is 0 Å². The lowest BCUT2D eigenvalue weighted by molar-refractivity contribution is -0.206. The molecular weight excluding hydrogens is 208 g/mol. The first-order valence-electron chi connectivity index (χ1n) is 4.13. The van der Waals surface area contributed by atoms with Gasteiger partial charge in [0.1, 0.15) is 5.54 Å². The average Bonchev–Trinajstić information content (AvgIpc) is 2.33. The number of hydrogen-bond acceptors (Lipinski definition) is 6. The van der Waals surface area contributed by atoms with E-state index >= 15 is 0 Å². The first-order chi connectivity index (χ1) is 6.96. The molecule has 0 unspecified atom stereocenters. The molecule has 1 heterocycles. The van der Waals surface area contributed by atoms with Crippen molar-refractivity contribution in [3.63, 3.8) is 0 Å². The van der Waals surface area contributed by atoms with Gasteiger partial charge in [0.15, 0.2) is 13.6 Å². The van der Waals surface area contributed by atoms with E-state index in [-0.39, 0.29) is 0 Å². The predicted octanol–water partition coefficient (Wildman–Crippen LogP) is -1.21. The smallest absolute Gasteiger partial charge is 0.368 e. The molecule has 8 nitrogen and oxygen atoms in total. The Bertz CT molecular complexity index is 279. The molecule has 1 saturated heterocycles. The molecule has 0 aromatic heterocycles. The highest BCUT2D eigenvalue weighted by Gasteiger charge is 2.54. The van der Waals surface area contributed by atoms with Crippen LogP contribution >= 0.6 is 0 Å². The molecule has 1 rings (SSSR count). The highest BCUT2D eigenvalue weighted by atomic mass is 16.8. The Morgan fingerprint density at radius 2 is 1.73 bits per heavy atom. The lowest BCUT2D eigenvalue weighted by Gasteiger charge is -2.24. The first kappa shape index (κ1) is 11.9. The van der Waals surface area contributed by atoms with Crippen molar-refractivity contribution in [2.24, 2.45) is 0 Å². The maximum Gasteiger partial charge on any atom is 0.376 e. The number of carbonyl (C=O) groups excluding carboxylic acids is 2. The molecule has 1 aliphatic heterocycles. The van der Waals surface area contributed by atoms with Crippen LogP contribution in [-0.4, -0.2) is 51.4 Å². The van der Waals surface area contributed by atoms with E-state index < -0.39 is 31.1 Å². The zero-order valence-electron chi connectivity index (χ0n) is 8.34. The number of aliphatic hydroxyl groups excluding tert-OH is 2. The van der Waals surface area contributed by atoms with Crippen LogP contribution in [0.4, 0.5) is 4.79 Å². The van der Waals surface area contributed by atoms with Gasteiger partial charge in [0.05, 0.1) is 0 Å². The molecule has 2 N–H and O–H groups in total. The minimum atomic E-state index is -1.28. The van der Waals surface area contributed by atoms with E-state index in [1.165, 1.54) is 13.8 Å². The summed E-state index contributed by atoms with van der Waals surface area (Å²) in [5, 5.41) is 18.1. The Hall–Kier alpha value is -1.22. The molecule has 0 aliphatic carbocycles. The number of hydrogen-bond donors (Lipinski definition) is 2. The van der Waals surface area contributed by atoms with Crippen LogP contribution in [0.25, 0.3) is 0 Å². The number of imide groups is 1. The summed E-state index contributed by atoms with van der Waals surface area (Å²) in [5.41, 5.74) is -1.28. The quantitative estimate of drug-likeness (QED) is 0.455. The molecule has 0 bridgehead atoms. The summed E-state index contributed by atoms with van der Waals surface area (Å²) in [5.74, 6) is -0.685. The van der Waals surface area contributed by atoms with Crippen LogP contribution in [-0.2, 0) is 14.5 Å². The Balaban J connectivity index is 2.92. The van der Waals surface area contributed by atoms with E-state index in [0.717, 1.165) is 0 Å². The van der Waals surface area contributed by atoms with Crippen molar-refractivity contribution in [2.75, 3.05) is 13.6 Å². The normalized spacial score (nSPS) is 20.3. The maximum atomic E-state index is 11.6. The third kappa shape index (κ3) is 1.79. The van der Waals surface area contributed by atoms with Crippen LogP contribution in [0.3, 0.4) is 0 Å². The summed E-state index contributed by atoms with van der Waals surface area (Å²) in [6.07, 6.45) is 0. The van der Waals surface area contributed by atoms with Gasteiger partial charge in [0.2, 0.25) is 0 Å². The van der Waals surface area contributed by atoms with Crippen molar-refractivity contribution >= 4 is 11.9 Å². The van der Waals surface area contributed by atoms with Crippen LogP contribution in [0, 0.1) is 0 Å². The fraction of sp³-hybridized carbons (Fsp3) is 0.714. The lowest BCUT2D eigenvalue weighted by Crippen LogP contribution is -2.44. The van der Waals surface area contributed by atoms with E-state index in [2.05, 4.69) is 9.68 Å². The number of nitrogens with zero attached hydrogens (tertiary/aromatic N) is 2. The van der Waals surface area contributed by atoms with Crippen LogP contribution in [0.5, 0.6) is 0 Å². The minimum absolute atomic E-state index is 0.385. The molecule has 0 radical (unpaired) electrons. The van der Waals surface area contributed by atoms with Crippen LogP contribution in [0.2, 0.25) is 0 Å². The Morgan fingerprint density at radius 3 is 2.20 bits per heavy atom. The second kappa shape index (κ2) is 4.11. The standard InChI is InChI=1S/C7H12N2O6/c1-7(2)5(12)8(14-3-10)6(13)9(7)15-4-11/h10-11H,3-4H2,1-2H3. The number of hydroxylamine groups is 4. The fourth-order valence-corrected chi connectivity index (χ4v) is 1.19.